The van der Waals surface area contributed by atoms with Crippen LogP contribution in [0.15, 0.2) is 16.6 Å². The number of aliphatic hydroxyl groups excluding tert-OH is 1. The van der Waals surface area contributed by atoms with Crippen molar-refractivity contribution in [1.29, 1.82) is 0 Å². The molecule has 1 N–H and O–H groups in total. The molecule has 0 spiro atoms. The monoisotopic (exact) mass is 238 g/mol. The zero-order chi connectivity index (χ0) is 8.43. The van der Waals surface area contributed by atoms with Gasteiger partial charge in [-0.3, -0.25) is 0 Å². The molecule has 0 bridgehead atoms. The summed E-state index contributed by atoms with van der Waals surface area (Å²) in [6.45, 7) is -0.224. The van der Waals surface area contributed by atoms with Gasteiger partial charge < -0.3 is 5.11 Å². The lowest BCUT2D eigenvalue weighted by molar-refractivity contribution is 0.280. The average molecular weight is 239 g/mol. The molecule has 1 rings (SSSR count). The van der Waals surface area contributed by atoms with E-state index < -0.39 is 5.82 Å². The summed E-state index contributed by atoms with van der Waals surface area (Å²) in [7, 11) is 0. The second-order valence-corrected chi connectivity index (χ2v) is 3.22. The summed E-state index contributed by atoms with van der Waals surface area (Å²) < 4.78 is 13.1. The summed E-state index contributed by atoms with van der Waals surface area (Å²) >= 11 is 8.72. The summed E-state index contributed by atoms with van der Waals surface area (Å²) in [4.78, 5) is 0. The maximum atomic E-state index is 12.6. The van der Waals surface area contributed by atoms with E-state index in [-0.39, 0.29) is 11.6 Å². The fraction of sp³-hybridized carbons (Fsp3) is 0.143. The number of halogens is 3. The fourth-order valence-electron chi connectivity index (χ4n) is 0.724. The third-order valence-electron chi connectivity index (χ3n) is 1.24. The predicted molar refractivity (Wildman–Crippen MR) is 45.0 cm³/mol. The van der Waals surface area contributed by atoms with E-state index in [0.29, 0.717) is 10.0 Å². The van der Waals surface area contributed by atoms with Gasteiger partial charge in [-0.1, -0.05) is 11.6 Å². The number of rotatable bonds is 1. The van der Waals surface area contributed by atoms with Crippen LogP contribution in [0.3, 0.4) is 0 Å². The highest BCUT2D eigenvalue weighted by molar-refractivity contribution is 9.10. The first-order valence-electron chi connectivity index (χ1n) is 2.89. The number of hydrogen-bond acceptors (Lipinski definition) is 1. The van der Waals surface area contributed by atoms with E-state index >= 15 is 0 Å². The molecule has 11 heavy (non-hydrogen) atoms. The first-order valence-corrected chi connectivity index (χ1v) is 4.06. The van der Waals surface area contributed by atoms with E-state index in [1.165, 1.54) is 12.1 Å². The molecule has 0 heterocycles. The van der Waals surface area contributed by atoms with Crippen LogP contribution in [-0.2, 0) is 6.61 Å². The molecule has 0 aliphatic carbocycles. The zero-order valence-corrected chi connectivity index (χ0v) is 7.78. The van der Waals surface area contributed by atoms with Crippen LogP contribution in [0.2, 0.25) is 5.02 Å². The van der Waals surface area contributed by atoms with Gasteiger partial charge in [-0.2, -0.15) is 0 Å². The molecule has 0 saturated heterocycles. The van der Waals surface area contributed by atoms with Crippen molar-refractivity contribution in [2.24, 2.45) is 0 Å². The molecule has 0 aliphatic rings. The molecule has 60 valence electrons. The standard InChI is InChI=1S/C7H5BrClFO/c8-7-4(3-11)1-5(10)2-6(7)9/h1-2,11H,3H2. The van der Waals surface area contributed by atoms with E-state index in [1.807, 2.05) is 0 Å². The van der Waals surface area contributed by atoms with E-state index in [9.17, 15) is 4.39 Å². The van der Waals surface area contributed by atoms with E-state index in [4.69, 9.17) is 16.7 Å². The Morgan fingerprint density at radius 2 is 2.18 bits per heavy atom. The molecule has 1 aromatic carbocycles. The third kappa shape index (κ3) is 1.92. The maximum absolute atomic E-state index is 12.6. The van der Waals surface area contributed by atoms with Crippen molar-refractivity contribution in [2.75, 3.05) is 0 Å². The highest BCUT2D eigenvalue weighted by Gasteiger charge is 2.05. The number of hydrogen-bond donors (Lipinski definition) is 1. The second-order valence-electron chi connectivity index (χ2n) is 2.02. The van der Waals surface area contributed by atoms with Crippen LogP contribution in [0.4, 0.5) is 4.39 Å². The van der Waals surface area contributed by atoms with Gasteiger partial charge in [0.05, 0.1) is 11.6 Å². The predicted octanol–water partition coefficient (Wildman–Crippen LogP) is 2.73. The smallest absolute Gasteiger partial charge is 0.125 e. The summed E-state index contributed by atoms with van der Waals surface area (Å²) in [5.41, 5.74) is 0.454. The minimum absolute atomic E-state index is 0.224. The normalized spacial score (nSPS) is 10.2. The lowest BCUT2D eigenvalue weighted by Gasteiger charge is -2.02. The molecule has 1 aromatic rings. The first-order chi connectivity index (χ1) is 5.15. The van der Waals surface area contributed by atoms with Gasteiger partial charge in [0.15, 0.2) is 0 Å². The quantitative estimate of drug-likeness (QED) is 0.747. The second kappa shape index (κ2) is 3.52. The molecule has 0 fully saturated rings. The third-order valence-corrected chi connectivity index (χ3v) is 2.70. The highest BCUT2D eigenvalue weighted by Crippen LogP contribution is 2.27. The lowest BCUT2D eigenvalue weighted by Crippen LogP contribution is -1.87. The molecule has 0 atom stereocenters. The number of aliphatic hydroxyl groups is 1. The van der Waals surface area contributed by atoms with Crippen LogP contribution in [0.1, 0.15) is 5.56 Å². The van der Waals surface area contributed by atoms with Gasteiger partial charge in [0.1, 0.15) is 5.82 Å². The van der Waals surface area contributed by atoms with Gasteiger partial charge >= 0.3 is 0 Å². The molecule has 0 saturated carbocycles. The Bertz CT molecular complexity index is 277. The minimum Gasteiger partial charge on any atom is -0.392 e. The Balaban J connectivity index is 3.24. The Hall–Kier alpha value is -0.120. The topological polar surface area (TPSA) is 20.2 Å². The molecule has 0 unspecified atom stereocenters. The van der Waals surface area contributed by atoms with Crippen LogP contribution in [0.5, 0.6) is 0 Å². The fourth-order valence-corrected chi connectivity index (χ4v) is 1.30. The van der Waals surface area contributed by atoms with Gasteiger partial charge in [0.2, 0.25) is 0 Å². The molecular formula is C7H5BrClFO. The van der Waals surface area contributed by atoms with Crippen molar-refractivity contribution in [1.82, 2.24) is 0 Å². The number of benzene rings is 1. The highest BCUT2D eigenvalue weighted by atomic mass is 79.9. The summed E-state index contributed by atoms with van der Waals surface area (Å²) in [6.07, 6.45) is 0. The lowest BCUT2D eigenvalue weighted by atomic mass is 10.2. The molecule has 0 aromatic heterocycles. The van der Waals surface area contributed by atoms with Crippen LogP contribution < -0.4 is 0 Å². The van der Waals surface area contributed by atoms with E-state index in [1.54, 1.807) is 0 Å². The van der Waals surface area contributed by atoms with Crippen molar-refractivity contribution in [2.45, 2.75) is 6.61 Å². The van der Waals surface area contributed by atoms with Gasteiger partial charge in [-0.15, -0.1) is 0 Å². The van der Waals surface area contributed by atoms with Crippen molar-refractivity contribution in [3.05, 3.63) is 33.0 Å². The SMILES string of the molecule is OCc1cc(F)cc(Cl)c1Br. The first kappa shape index (κ1) is 8.97. The van der Waals surface area contributed by atoms with Gasteiger partial charge in [0, 0.05) is 4.47 Å². The summed E-state index contributed by atoms with van der Waals surface area (Å²) in [6, 6.07) is 2.42. The Labute approximate surface area is 76.9 Å². The van der Waals surface area contributed by atoms with Gasteiger partial charge in [0.25, 0.3) is 0 Å². The molecule has 0 radical (unpaired) electrons. The molecular weight excluding hydrogens is 234 g/mol. The summed E-state index contributed by atoms with van der Waals surface area (Å²) in [5, 5.41) is 8.98. The van der Waals surface area contributed by atoms with Gasteiger partial charge in [-0.25, -0.2) is 4.39 Å². The van der Waals surface area contributed by atoms with Crippen LogP contribution in [0, 0.1) is 5.82 Å². The van der Waals surface area contributed by atoms with Crippen molar-refractivity contribution in [3.63, 3.8) is 0 Å². The summed E-state index contributed by atoms with van der Waals surface area (Å²) in [5.74, 6) is -0.442. The van der Waals surface area contributed by atoms with E-state index in [2.05, 4.69) is 15.9 Å². The molecule has 1 nitrogen and oxygen atoms in total. The van der Waals surface area contributed by atoms with E-state index in [0.717, 1.165) is 0 Å². The van der Waals surface area contributed by atoms with Crippen molar-refractivity contribution in [3.8, 4) is 0 Å². The minimum atomic E-state index is -0.442. The molecule has 0 amide bonds. The van der Waals surface area contributed by atoms with Crippen molar-refractivity contribution < 1.29 is 9.50 Å². The maximum Gasteiger partial charge on any atom is 0.125 e. The molecule has 0 aliphatic heterocycles. The molecule has 4 heteroatoms. The van der Waals surface area contributed by atoms with Crippen LogP contribution in [-0.4, -0.2) is 5.11 Å². The van der Waals surface area contributed by atoms with Crippen LogP contribution >= 0.6 is 27.5 Å². The Morgan fingerprint density at radius 3 is 2.73 bits per heavy atom. The van der Waals surface area contributed by atoms with Crippen LogP contribution in [0.25, 0.3) is 0 Å². The average Bonchev–Trinajstić information content (AvgIpc) is 1.96. The largest absolute Gasteiger partial charge is 0.392 e. The van der Waals surface area contributed by atoms with Crippen molar-refractivity contribution >= 4 is 27.5 Å². The Kier molecular flexibility index (Phi) is 2.87. The Morgan fingerprint density at radius 1 is 1.55 bits per heavy atom. The van der Waals surface area contributed by atoms with Gasteiger partial charge in [-0.05, 0) is 33.6 Å². The zero-order valence-electron chi connectivity index (χ0n) is 5.44.